The summed E-state index contributed by atoms with van der Waals surface area (Å²) in [6.07, 6.45) is -0.528. The van der Waals surface area contributed by atoms with Crippen molar-refractivity contribution in [3.05, 3.63) is 0 Å². The zero-order chi connectivity index (χ0) is 9.98. The van der Waals surface area contributed by atoms with Crippen molar-refractivity contribution in [1.29, 1.82) is 0 Å². The second-order valence-corrected chi connectivity index (χ2v) is 1.69. The molecular weight excluding hydrogens is 227 g/mol. The van der Waals surface area contributed by atoms with Gasteiger partial charge in [0.1, 0.15) is 0 Å². The summed E-state index contributed by atoms with van der Waals surface area (Å²) in [6, 6.07) is 0. The van der Waals surface area contributed by atoms with Crippen LogP contribution in [-0.2, 0) is 26.4 Å². The summed E-state index contributed by atoms with van der Waals surface area (Å²) in [5.74, 6) is -2.42. The van der Waals surface area contributed by atoms with Crippen LogP contribution in [0.5, 0.6) is 0 Å². The van der Waals surface area contributed by atoms with E-state index in [9.17, 15) is 19.8 Å². The molecule has 0 rings (SSSR count). The number of aliphatic hydroxyl groups is 2. The van der Waals surface area contributed by atoms with Crippen LogP contribution in [0.1, 0.15) is 12.8 Å². The van der Waals surface area contributed by atoms with Gasteiger partial charge in [-0.3, -0.25) is 0 Å². The van der Waals surface area contributed by atoms with Gasteiger partial charge < -0.3 is 30.0 Å². The molecule has 79 valence electrons. The third-order valence-corrected chi connectivity index (χ3v) is 0.632. The fourth-order valence-electron chi connectivity index (χ4n) is 0.183. The predicted molar refractivity (Wildman–Crippen MR) is 33.4 cm³/mol. The molecule has 13 heavy (non-hydrogen) atoms. The van der Waals surface area contributed by atoms with Crippen molar-refractivity contribution in [3.63, 3.8) is 0 Å². The van der Waals surface area contributed by atoms with Gasteiger partial charge in [-0.2, -0.15) is 0 Å². The summed E-state index contributed by atoms with van der Waals surface area (Å²) in [4.78, 5) is 18.7. The van der Waals surface area contributed by atoms with Gasteiger partial charge >= 0.3 is 16.8 Å². The standard InChI is InChI=1S/2C3H6O3.Co/c2*4-2-1-3(5)6;/h2*4H,1-2H2,(H,5,6);/q;;+2/p-2. The molecule has 7 heteroatoms. The molecule has 0 aromatic rings. The van der Waals surface area contributed by atoms with E-state index in [1.54, 1.807) is 0 Å². The number of carboxylic acid groups (broad SMARTS) is 2. The first kappa shape index (κ1) is 18.2. The summed E-state index contributed by atoms with van der Waals surface area (Å²) in [5, 5.41) is 34.3. The van der Waals surface area contributed by atoms with E-state index in [0.29, 0.717) is 0 Å². The maximum atomic E-state index is 9.33. The molecule has 0 aliphatic heterocycles. The maximum absolute atomic E-state index is 9.33. The van der Waals surface area contributed by atoms with Crippen molar-refractivity contribution < 1.29 is 46.8 Å². The fourth-order valence-corrected chi connectivity index (χ4v) is 0.183. The molecule has 0 fully saturated rings. The molecule has 0 spiro atoms. The summed E-state index contributed by atoms with van der Waals surface area (Å²) < 4.78 is 0. The van der Waals surface area contributed by atoms with Gasteiger partial charge in [0.05, 0.1) is 0 Å². The minimum atomic E-state index is -1.21. The summed E-state index contributed by atoms with van der Waals surface area (Å²) >= 11 is 0. The first-order valence-corrected chi connectivity index (χ1v) is 3.16. The molecule has 0 saturated heterocycles. The molecule has 0 aromatic heterocycles. The van der Waals surface area contributed by atoms with Crippen LogP contribution in [0.2, 0.25) is 0 Å². The van der Waals surface area contributed by atoms with E-state index in [2.05, 4.69) is 0 Å². The Morgan fingerprint density at radius 3 is 1.15 bits per heavy atom. The SMILES string of the molecule is O=C([O-])CCO.O=C([O-])CCO.[Co+2]. The average molecular weight is 237 g/mol. The molecule has 2 N–H and O–H groups in total. The van der Waals surface area contributed by atoms with Gasteiger partial charge in [0, 0.05) is 38.0 Å². The Hall–Kier alpha value is -0.634. The number of hydrogen-bond acceptors (Lipinski definition) is 6. The topological polar surface area (TPSA) is 121 Å². The minimum absolute atomic E-state index is 0. The molecule has 0 aliphatic carbocycles. The van der Waals surface area contributed by atoms with E-state index in [0.717, 1.165) is 0 Å². The van der Waals surface area contributed by atoms with Crippen LogP contribution in [-0.4, -0.2) is 35.4 Å². The molecule has 0 saturated carbocycles. The van der Waals surface area contributed by atoms with Gasteiger partial charge in [0.25, 0.3) is 0 Å². The Morgan fingerprint density at radius 1 is 0.923 bits per heavy atom. The van der Waals surface area contributed by atoms with Gasteiger partial charge in [-0.05, 0) is 0 Å². The molecule has 0 atom stereocenters. The zero-order valence-corrected chi connectivity index (χ0v) is 7.73. The number of hydrogen-bond donors (Lipinski definition) is 2. The van der Waals surface area contributed by atoms with Crippen molar-refractivity contribution in [2.75, 3.05) is 13.2 Å². The van der Waals surface area contributed by atoms with Crippen LogP contribution in [0.3, 0.4) is 0 Å². The number of aliphatic hydroxyl groups excluding tert-OH is 2. The zero-order valence-electron chi connectivity index (χ0n) is 6.69. The van der Waals surface area contributed by atoms with Crippen molar-refractivity contribution >= 4 is 11.9 Å². The fraction of sp³-hybridized carbons (Fsp3) is 0.667. The van der Waals surface area contributed by atoms with E-state index in [1.165, 1.54) is 0 Å². The van der Waals surface area contributed by atoms with Crippen molar-refractivity contribution in [3.8, 4) is 0 Å². The number of aliphatic carboxylic acids is 2. The van der Waals surface area contributed by atoms with Crippen molar-refractivity contribution in [2.45, 2.75) is 12.8 Å². The van der Waals surface area contributed by atoms with Crippen molar-refractivity contribution in [1.82, 2.24) is 0 Å². The van der Waals surface area contributed by atoms with E-state index < -0.39 is 11.9 Å². The van der Waals surface area contributed by atoms with Crippen LogP contribution in [0, 0.1) is 0 Å². The normalized spacial score (nSPS) is 7.54. The monoisotopic (exact) mass is 237 g/mol. The number of rotatable bonds is 4. The van der Waals surface area contributed by atoms with Crippen LogP contribution < -0.4 is 10.2 Å². The van der Waals surface area contributed by atoms with Gasteiger partial charge in [-0.25, -0.2) is 0 Å². The third kappa shape index (κ3) is 34.6. The molecule has 0 aliphatic rings. The molecule has 1 radical (unpaired) electrons. The molecule has 6 nitrogen and oxygen atoms in total. The minimum Gasteiger partial charge on any atom is -0.550 e. The molecule has 0 amide bonds. The van der Waals surface area contributed by atoms with Crippen LogP contribution in [0.15, 0.2) is 0 Å². The third-order valence-electron chi connectivity index (χ3n) is 0.632. The van der Waals surface area contributed by atoms with Crippen LogP contribution in [0.25, 0.3) is 0 Å². The van der Waals surface area contributed by atoms with Gasteiger partial charge in [-0.1, -0.05) is 0 Å². The quantitative estimate of drug-likeness (QED) is 0.517. The van der Waals surface area contributed by atoms with Gasteiger partial charge in [0.15, 0.2) is 0 Å². The molecule has 0 unspecified atom stereocenters. The van der Waals surface area contributed by atoms with E-state index >= 15 is 0 Å². The second kappa shape index (κ2) is 13.9. The van der Waals surface area contributed by atoms with Crippen LogP contribution >= 0.6 is 0 Å². The summed E-state index contributed by atoms with van der Waals surface area (Å²) in [7, 11) is 0. The number of carbonyl (C=O) groups is 2. The average Bonchev–Trinajstić information content (AvgIpc) is 1.87. The molecule has 0 aromatic carbocycles. The predicted octanol–water partition coefficient (Wildman–Crippen LogP) is -3.77. The van der Waals surface area contributed by atoms with Gasteiger partial charge in [-0.15, -0.1) is 0 Å². The Bertz CT molecular complexity index is 121. The van der Waals surface area contributed by atoms with E-state index in [-0.39, 0.29) is 42.8 Å². The molecular formula is C6H10CoO6. The first-order chi connectivity index (χ1) is 5.54. The number of carboxylic acids is 2. The van der Waals surface area contributed by atoms with E-state index in [1.807, 2.05) is 0 Å². The maximum Gasteiger partial charge on any atom is 2.00 e. The van der Waals surface area contributed by atoms with Crippen LogP contribution in [0.4, 0.5) is 0 Å². The van der Waals surface area contributed by atoms with Crippen molar-refractivity contribution in [2.24, 2.45) is 0 Å². The first-order valence-electron chi connectivity index (χ1n) is 3.16. The van der Waals surface area contributed by atoms with E-state index in [4.69, 9.17) is 10.2 Å². The molecule has 0 heterocycles. The Kier molecular flexibility index (Phi) is 19.5. The Balaban J connectivity index is -0.000000143. The Morgan fingerprint density at radius 2 is 1.15 bits per heavy atom. The second-order valence-electron chi connectivity index (χ2n) is 1.69. The summed E-state index contributed by atoms with van der Waals surface area (Å²) in [5.41, 5.74) is 0. The Labute approximate surface area is 85.4 Å². The molecule has 0 bridgehead atoms. The number of carbonyl (C=O) groups excluding carboxylic acids is 2. The van der Waals surface area contributed by atoms with Gasteiger partial charge in [0.2, 0.25) is 0 Å². The smallest absolute Gasteiger partial charge is 0.550 e. The summed E-state index contributed by atoms with van der Waals surface area (Å²) in [6.45, 7) is -0.662. The largest absolute Gasteiger partial charge is 2.00 e.